The quantitative estimate of drug-likeness (QED) is 0.531. The zero-order valence-electron chi connectivity index (χ0n) is 10.0. The fourth-order valence-corrected chi connectivity index (χ4v) is 3.76. The molecule has 4 heteroatoms. The van der Waals surface area contributed by atoms with E-state index in [1.165, 1.54) is 0 Å². The first-order valence-corrected chi connectivity index (χ1v) is 7.56. The molecule has 0 fully saturated rings. The van der Waals surface area contributed by atoms with Crippen molar-refractivity contribution in [3.8, 4) is 21.3 Å². The molecule has 0 N–H and O–H groups in total. The van der Waals surface area contributed by atoms with Gasteiger partial charge in [-0.15, -0.1) is 0 Å². The Morgan fingerprint density at radius 1 is 0.842 bits per heavy atom. The number of nitrogens with zero attached hydrogens (tertiary/aromatic N) is 3. The van der Waals surface area contributed by atoms with Crippen LogP contribution in [-0.4, -0.2) is 19.5 Å². The van der Waals surface area contributed by atoms with E-state index in [0.29, 0.717) is 4.69 Å². The maximum absolute atomic E-state index is 8.98. The van der Waals surface area contributed by atoms with Crippen LogP contribution in [0.5, 0.6) is 0 Å². The average Bonchev–Trinajstić information content (AvgIpc) is 2.93. The van der Waals surface area contributed by atoms with Crippen LogP contribution < -0.4 is 0 Å². The van der Waals surface area contributed by atoms with E-state index in [1.54, 1.807) is 0 Å². The van der Waals surface area contributed by atoms with E-state index < -0.39 is 0 Å². The van der Waals surface area contributed by atoms with Gasteiger partial charge < -0.3 is 0 Å². The zero-order valence-corrected chi connectivity index (χ0v) is 11.7. The van der Waals surface area contributed by atoms with Crippen LogP contribution in [0.3, 0.4) is 0 Å². The van der Waals surface area contributed by atoms with Gasteiger partial charge in [0.15, 0.2) is 0 Å². The molecule has 3 rings (SSSR count). The first-order valence-electron chi connectivity index (χ1n) is 5.85. The predicted octanol–water partition coefficient (Wildman–Crippen LogP) is 3.96. The molecule has 0 unspecified atom stereocenters. The molecule has 0 amide bonds. The molecule has 0 saturated heterocycles. The van der Waals surface area contributed by atoms with Crippen LogP contribution in [0.25, 0.3) is 26.2 Å². The van der Waals surface area contributed by atoms with Crippen molar-refractivity contribution < 1.29 is 0 Å². The topological polar surface area (TPSA) is 41.0 Å². The fourth-order valence-electron chi connectivity index (χ4n) is 1.93. The fraction of sp³-hybridized carbons (Fsp3) is 0. The van der Waals surface area contributed by atoms with E-state index in [-0.39, 0.29) is 14.5 Å². The van der Waals surface area contributed by atoms with Gasteiger partial charge in [0.05, 0.1) is 0 Å². The number of hydrogen-bond donors (Lipinski definition) is 0. The van der Waals surface area contributed by atoms with Gasteiger partial charge in [0.2, 0.25) is 0 Å². The molecule has 0 bridgehead atoms. The van der Waals surface area contributed by atoms with Crippen LogP contribution in [0.15, 0.2) is 60.7 Å². The van der Waals surface area contributed by atoms with Gasteiger partial charge in [-0.25, -0.2) is 0 Å². The summed E-state index contributed by atoms with van der Waals surface area (Å²) in [5.41, 5.74) is 3.12. The van der Waals surface area contributed by atoms with E-state index >= 15 is 0 Å². The summed E-state index contributed by atoms with van der Waals surface area (Å²) < 4.78 is 1.68. The summed E-state index contributed by atoms with van der Waals surface area (Å²) in [6.07, 6.45) is 0. The molecule has 90 valence electrons. The van der Waals surface area contributed by atoms with Crippen LogP contribution in [-0.2, 0) is 0 Å². The molecule has 0 aliphatic carbocycles. The summed E-state index contributed by atoms with van der Waals surface area (Å²) in [5.74, 6) is 0. The Morgan fingerprint density at radius 2 is 1.42 bits per heavy atom. The Hall–Kier alpha value is -2.21. The molecule has 0 radical (unpaired) electrons. The molecule has 0 aliphatic rings. The van der Waals surface area contributed by atoms with Gasteiger partial charge in [-0.1, -0.05) is 0 Å². The third kappa shape index (κ3) is 2.34. The minimum atomic E-state index is -0.0543. The molecule has 19 heavy (non-hydrogen) atoms. The molecule has 0 spiro atoms. The second-order valence-corrected chi connectivity index (χ2v) is 6.06. The number of rotatable bonds is 2. The van der Waals surface area contributed by atoms with Crippen LogP contribution in [0.1, 0.15) is 0 Å². The first kappa shape index (κ1) is 11.9. The van der Waals surface area contributed by atoms with Crippen molar-refractivity contribution in [3.63, 3.8) is 0 Å². The predicted molar refractivity (Wildman–Crippen MR) is 76.8 cm³/mol. The van der Waals surface area contributed by atoms with Crippen molar-refractivity contribution >= 4 is 19.2 Å². The van der Waals surface area contributed by atoms with Gasteiger partial charge in [-0.3, -0.25) is 0 Å². The van der Waals surface area contributed by atoms with E-state index in [4.69, 9.17) is 5.39 Å². The van der Waals surface area contributed by atoms with Gasteiger partial charge in [-0.05, 0) is 0 Å². The molecule has 1 heterocycles. The molecular formula is C15H10N3Se+. The van der Waals surface area contributed by atoms with Crippen molar-refractivity contribution in [2.24, 2.45) is 0 Å². The first-order chi connectivity index (χ1) is 9.38. The molecule has 3 nitrogen and oxygen atoms in total. The number of hydrogen-bond acceptors (Lipinski definition) is 2. The third-order valence-electron chi connectivity index (χ3n) is 2.78. The number of benzene rings is 2. The summed E-state index contributed by atoms with van der Waals surface area (Å²) in [6.45, 7) is 0. The molecule has 0 saturated carbocycles. The standard InChI is InChI=1S/C15H10N3Se/c16-18-15-17-13(11-7-3-1-4-8-11)14(19-15)12-9-5-2-6-10-12/h1-10H/q+1. The van der Waals surface area contributed by atoms with Crippen molar-refractivity contribution in [1.29, 1.82) is 5.39 Å². The Morgan fingerprint density at radius 3 is 2.00 bits per heavy atom. The van der Waals surface area contributed by atoms with Crippen molar-refractivity contribution in [2.75, 3.05) is 0 Å². The number of diazo groups is 1. The van der Waals surface area contributed by atoms with Crippen molar-refractivity contribution in [1.82, 2.24) is 4.98 Å². The van der Waals surface area contributed by atoms with Gasteiger partial charge in [0, 0.05) is 0 Å². The van der Waals surface area contributed by atoms with Gasteiger partial charge in [0.1, 0.15) is 0 Å². The van der Waals surface area contributed by atoms with Gasteiger partial charge in [0.25, 0.3) is 0 Å². The van der Waals surface area contributed by atoms with E-state index in [2.05, 4.69) is 22.1 Å². The SMILES string of the molecule is N#[N+]c1nc(-c2ccccc2)c(-c2ccccc2)[se]1. The van der Waals surface area contributed by atoms with Gasteiger partial charge in [-0.2, -0.15) is 0 Å². The monoisotopic (exact) mass is 312 g/mol. The summed E-state index contributed by atoms with van der Waals surface area (Å²) in [7, 11) is 0. The Kier molecular flexibility index (Phi) is 3.24. The second kappa shape index (κ2) is 5.19. The maximum atomic E-state index is 8.98. The molecule has 0 atom stereocenters. The second-order valence-electron chi connectivity index (χ2n) is 4.01. The third-order valence-corrected chi connectivity index (χ3v) is 4.86. The van der Waals surface area contributed by atoms with Crippen LogP contribution in [0.4, 0.5) is 4.69 Å². The van der Waals surface area contributed by atoms with Crippen molar-refractivity contribution in [2.45, 2.75) is 0 Å². The summed E-state index contributed by atoms with van der Waals surface area (Å²) in [6, 6.07) is 20.1. The zero-order chi connectivity index (χ0) is 13.1. The Labute approximate surface area is 116 Å². The normalized spacial score (nSPS) is 10.1. The van der Waals surface area contributed by atoms with Crippen LogP contribution in [0, 0.1) is 5.39 Å². The summed E-state index contributed by atoms with van der Waals surface area (Å²) in [5, 5.41) is 8.98. The Bertz CT molecular complexity index is 670. The van der Waals surface area contributed by atoms with E-state index in [9.17, 15) is 0 Å². The molecule has 3 aromatic rings. The summed E-state index contributed by atoms with van der Waals surface area (Å²) >= 11 is -0.0543. The summed E-state index contributed by atoms with van der Waals surface area (Å²) in [4.78, 5) is 7.72. The molecule has 0 aliphatic heterocycles. The van der Waals surface area contributed by atoms with Crippen LogP contribution >= 0.6 is 0 Å². The molecule has 2 aromatic carbocycles. The van der Waals surface area contributed by atoms with E-state index in [0.717, 1.165) is 21.3 Å². The van der Waals surface area contributed by atoms with Crippen molar-refractivity contribution in [3.05, 3.63) is 65.6 Å². The Balaban J connectivity index is 2.20. The molecular weight excluding hydrogens is 301 g/mol. The molecule has 1 aromatic heterocycles. The average molecular weight is 311 g/mol. The van der Waals surface area contributed by atoms with Crippen LogP contribution in [0.2, 0.25) is 0 Å². The van der Waals surface area contributed by atoms with Gasteiger partial charge >= 0.3 is 116 Å². The van der Waals surface area contributed by atoms with E-state index in [1.807, 2.05) is 48.5 Å². The number of aromatic nitrogens is 1. The minimum absolute atomic E-state index is 0.0543.